The zero-order valence-electron chi connectivity index (χ0n) is 14.0. The standard InChI is InChI=1S/C19H23FN4/c1-12-10-14(20)8-9-16(12)22-18-11-17(13-6-7-13)23-19(24-18)21-15-4-2-3-5-15/h8-11,13,15H,2-7H2,1H3,(H2,21,22,23,24). The monoisotopic (exact) mass is 326 g/mol. The van der Waals surface area contributed by atoms with Gasteiger partial charge in [-0.2, -0.15) is 4.98 Å². The Bertz CT molecular complexity index is 736. The normalized spacial score (nSPS) is 17.9. The first kappa shape index (κ1) is 15.4. The molecule has 0 saturated heterocycles. The first-order valence-electron chi connectivity index (χ1n) is 8.86. The van der Waals surface area contributed by atoms with Crippen LogP contribution in [0, 0.1) is 12.7 Å². The summed E-state index contributed by atoms with van der Waals surface area (Å²) in [5.74, 6) is 1.84. The van der Waals surface area contributed by atoms with Crippen LogP contribution in [0.1, 0.15) is 55.7 Å². The lowest BCUT2D eigenvalue weighted by Crippen LogP contribution is -2.17. The molecule has 2 aliphatic rings. The van der Waals surface area contributed by atoms with Crippen LogP contribution in [-0.4, -0.2) is 16.0 Å². The summed E-state index contributed by atoms with van der Waals surface area (Å²) in [6.45, 7) is 1.89. The molecule has 4 rings (SSSR count). The van der Waals surface area contributed by atoms with E-state index < -0.39 is 0 Å². The number of nitrogens with one attached hydrogen (secondary N) is 2. The van der Waals surface area contributed by atoms with Crippen molar-refractivity contribution in [1.29, 1.82) is 0 Å². The number of hydrogen-bond acceptors (Lipinski definition) is 4. The number of halogens is 1. The largest absolute Gasteiger partial charge is 0.351 e. The predicted molar refractivity (Wildman–Crippen MR) is 94.3 cm³/mol. The molecule has 2 aliphatic carbocycles. The van der Waals surface area contributed by atoms with Crippen molar-refractivity contribution in [2.45, 2.75) is 57.4 Å². The van der Waals surface area contributed by atoms with Crippen molar-refractivity contribution in [2.75, 3.05) is 10.6 Å². The molecule has 1 aromatic heterocycles. The molecule has 2 fully saturated rings. The van der Waals surface area contributed by atoms with Gasteiger partial charge < -0.3 is 10.6 Å². The number of hydrogen-bond donors (Lipinski definition) is 2. The van der Waals surface area contributed by atoms with Crippen molar-refractivity contribution in [2.24, 2.45) is 0 Å². The van der Waals surface area contributed by atoms with Crippen molar-refractivity contribution >= 4 is 17.5 Å². The molecule has 0 spiro atoms. The van der Waals surface area contributed by atoms with E-state index >= 15 is 0 Å². The molecule has 2 aromatic rings. The summed E-state index contributed by atoms with van der Waals surface area (Å²) in [6, 6.07) is 7.27. The van der Waals surface area contributed by atoms with Crippen LogP contribution in [-0.2, 0) is 0 Å². The maximum absolute atomic E-state index is 13.3. The van der Waals surface area contributed by atoms with Gasteiger partial charge >= 0.3 is 0 Å². The van der Waals surface area contributed by atoms with E-state index in [0.717, 1.165) is 22.8 Å². The van der Waals surface area contributed by atoms with Crippen LogP contribution >= 0.6 is 0 Å². The summed E-state index contributed by atoms with van der Waals surface area (Å²) in [5, 5.41) is 6.82. The maximum Gasteiger partial charge on any atom is 0.225 e. The van der Waals surface area contributed by atoms with Gasteiger partial charge in [0, 0.05) is 23.7 Å². The van der Waals surface area contributed by atoms with Crippen LogP contribution in [0.3, 0.4) is 0 Å². The minimum Gasteiger partial charge on any atom is -0.351 e. The van der Waals surface area contributed by atoms with Crippen molar-refractivity contribution in [1.82, 2.24) is 9.97 Å². The molecule has 5 heteroatoms. The van der Waals surface area contributed by atoms with Crippen LogP contribution < -0.4 is 10.6 Å². The van der Waals surface area contributed by atoms with E-state index in [4.69, 9.17) is 4.98 Å². The Morgan fingerprint density at radius 3 is 2.54 bits per heavy atom. The van der Waals surface area contributed by atoms with Crippen LogP contribution in [0.15, 0.2) is 24.3 Å². The zero-order valence-corrected chi connectivity index (χ0v) is 14.0. The summed E-state index contributed by atoms with van der Waals surface area (Å²) in [4.78, 5) is 9.35. The van der Waals surface area contributed by atoms with E-state index in [1.54, 1.807) is 6.07 Å². The molecule has 0 amide bonds. The van der Waals surface area contributed by atoms with E-state index in [9.17, 15) is 4.39 Å². The van der Waals surface area contributed by atoms with Crippen LogP contribution in [0.5, 0.6) is 0 Å². The Labute approximate surface area is 141 Å². The molecular weight excluding hydrogens is 303 g/mol. The Morgan fingerprint density at radius 1 is 1.04 bits per heavy atom. The number of rotatable bonds is 5. The minimum absolute atomic E-state index is 0.219. The predicted octanol–water partition coefficient (Wildman–Crippen LogP) is 4.90. The van der Waals surface area contributed by atoms with Gasteiger partial charge in [0.2, 0.25) is 5.95 Å². The van der Waals surface area contributed by atoms with Gasteiger partial charge in [0.05, 0.1) is 5.69 Å². The Hall–Kier alpha value is -2.17. The van der Waals surface area contributed by atoms with Crippen molar-refractivity contribution in [3.05, 3.63) is 41.3 Å². The quantitative estimate of drug-likeness (QED) is 0.820. The van der Waals surface area contributed by atoms with Crippen molar-refractivity contribution in [3.8, 4) is 0 Å². The number of aromatic nitrogens is 2. The lowest BCUT2D eigenvalue weighted by molar-refractivity contribution is 0.627. The van der Waals surface area contributed by atoms with Gasteiger partial charge in [-0.1, -0.05) is 12.8 Å². The number of aryl methyl sites for hydroxylation is 1. The van der Waals surface area contributed by atoms with Gasteiger partial charge in [0.1, 0.15) is 11.6 Å². The second kappa shape index (κ2) is 6.38. The smallest absolute Gasteiger partial charge is 0.225 e. The second-order valence-corrected chi connectivity index (χ2v) is 6.99. The molecule has 2 saturated carbocycles. The highest BCUT2D eigenvalue weighted by Crippen LogP contribution is 2.40. The number of nitrogens with zero attached hydrogens (tertiary/aromatic N) is 2. The van der Waals surface area contributed by atoms with Gasteiger partial charge in [-0.25, -0.2) is 9.37 Å². The fourth-order valence-electron chi connectivity index (χ4n) is 3.34. The first-order chi connectivity index (χ1) is 11.7. The topological polar surface area (TPSA) is 49.8 Å². The van der Waals surface area contributed by atoms with E-state index in [1.165, 1.54) is 50.7 Å². The lowest BCUT2D eigenvalue weighted by Gasteiger charge is -2.15. The van der Waals surface area contributed by atoms with Crippen molar-refractivity contribution < 1.29 is 4.39 Å². The van der Waals surface area contributed by atoms with Gasteiger partial charge in [0.15, 0.2) is 0 Å². The third kappa shape index (κ3) is 3.50. The SMILES string of the molecule is Cc1cc(F)ccc1Nc1cc(C2CC2)nc(NC2CCCC2)n1. The number of anilines is 3. The molecule has 126 valence electrons. The molecule has 0 atom stereocenters. The highest BCUT2D eigenvalue weighted by Gasteiger charge is 2.27. The molecule has 0 radical (unpaired) electrons. The molecule has 1 heterocycles. The lowest BCUT2D eigenvalue weighted by atomic mass is 10.2. The fourth-order valence-corrected chi connectivity index (χ4v) is 3.34. The highest BCUT2D eigenvalue weighted by atomic mass is 19.1. The molecule has 4 nitrogen and oxygen atoms in total. The van der Waals surface area contributed by atoms with Gasteiger partial charge in [-0.3, -0.25) is 0 Å². The van der Waals surface area contributed by atoms with Gasteiger partial charge in [-0.05, 0) is 56.4 Å². The Kier molecular flexibility index (Phi) is 4.08. The molecule has 1 aromatic carbocycles. The third-order valence-electron chi connectivity index (χ3n) is 4.88. The average Bonchev–Trinajstić information content (AvgIpc) is 3.29. The molecule has 2 N–H and O–H groups in total. The zero-order chi connectivity index (χ0) is 16.5. The summed E-state index contributed by atoms with van der Waals surface area (Å²) in [6.07, 6.45) is 7.34. The fraction of sp³-hybridized carbons (Fsp3) is 0.474. The van der Waals surface area contributed by atoms with Crippen LogP contribution in [0.25, 0.3) is 0 Å². The average molecular weight is 326 g/mol. The molecule has 0 unspecified atom stereocenters. The molecule has 24 heavy (non-hydrogen) atoms. The summed E-state index contributed by atoms with van der Waals surface area (Å²) < 4.78 is 13.3. The summed E-state index contributed by atoms with van der Waals surface area (Å²) in [5.41, 5.74) is 2.85. The van der Waals surface area contributed by atoms with Gasteiger partial charge in [-0.15, -0.1) is 0 Å². The van der Waals surface area contributed by atoms with Gasteiger partial charge in [0.25, 0.3) is 0 Å². The number of benzene rings is 1. The molecule has 0 bridgehead atoms. The van der Waals surface area contributed by atoms with E-state index in [2.05, 4.69) is 15.6 Å². The Morgan fingerprint density at radius 2 is 1.83 bits per heavy atom. The summed E-state index contributed by atoms with van der Waals surface area (Å²) >= 11 is 0. The van der Waals surface area contributed by atoms with E-state index in [-0.39, 0.29) is 5.82 Å². The van der Waals surface area contributed by atoms with E-state index in [1.807, 2.05) is 13.0 Å². The van der Waals surface area contributed by atoms with Crippen LogP contribution in [0.4, 0.5) is 21.8 Å². The minimum atomic E-state index is -0.219. The van der Waals surface area contributed by atoms with Crippen LogP contribution in [0.2, 0.25) is 0 Å². The molecular formula is C19H23FN4. The van der Waals surface area contributed by atoms with Crippen molar-refractivity contribution in [3.63, 3.8) is 0 Å². The third-order valence-corrected chi connectivity index (χ3v) is 4.88. The second-order valence-electron chi connectivity index (χ2n) is 6.99. The van der Waals surface area contributed by atoms with E-state index in [0.29, 0.717) is 17.9 Å². The maximum atomic E-state index is 13.3. The summed E-state index contributed by atoms with van der Waals surface area (Å²) in [7, 11) is 0. The Balaban J connectivity index is 1.59. The highest BCUT2D eigenvalue weighted by molar-refractivity contribution is 5.61. The first-order valence-corrected chi connectivity index (χ1v) is 8.86. The molecule has 0 aliphatic heterocycles.